The van der Waals surface area contributed by atoms with Crippen LogP contribution < -0.4 is 5.32 Å². The highest BCUT2D eigenvalue weighted by Crippen LogP contribution is 2.19. The summed E-state index contributed by atoms with van der Waals surface area (Å²) in [4.78, 5) is 16.6. The molecule has 17 heavy (non-hydrogen) atoms. The summed E-state index contributed by atoms with van der Waals surface area (Å²) in [6.45, 7) is 1.93. The summed E-state index contributed by atoms with van der Waals surface area (Å²) >= 11 is 1.53. The van der Waals surface area contributed by atoms with Gasteiger partial charge in [0.1, 0.15) is 17.7 Å². The van der Waals surface area contributed by atoms with Crippen molar-refractivity contribution in [2.24, 2.45) is 4.99 Å². The third kappa shape index (κ3) is 3.06. The van der Waals surface area contributed by atoms with Crippen LogP contribution in [0.1, 0.15) is 13.3 Å². The van der Waals surface area contributed by atoms with Gasteiger partial charge in [0.15, 0.2) is 0 Å². The van der Waals surface area contributed by atoms with Crippen LogP contribution in [0.2, 0.25) is 0 Å². The van der Waals surface area contributed by atoms with Crippen LogP contribution in [0.25, 0.3) is 0 Å². The van der Waals surface area contributed by atoms with Gasteiger partial charge in [0, 0.05) is 4.90 Å². The second kappa shape index (κ2) is 5.31. The molecule has 1 aliphatic rings. The molecular formula is C12H13FN2OS. The monoisotopic (exact) mass is 252 g/mol. The Morgan fingerprint density at radius 2 is 2.12 bits per heavy atom. The van der Waals surface area contributed by atoms with Gasteiger partial charge in [-0.1, -0.05) is 6.92 Å². The number of carbonyl (C=O) groups is 1. The molecule has 1 atom stereocenters. The van der Waals surface area contributed by atoms with Crippen LogP contribution >= 0.6 is 11.8 Å². The van der Waals surface area contributed by atoms with Gasteiger partial charge in [-0.25, -0.2) is 4.39 Å². The Labute approximate surface area is 104 Å². The molecule has 0 aliphatic carbocycles. The molecule has 0 saturated carbocycles. The molecular weight excluding hydrogens is 239 g/mol. The molecule has 1 heterocycles. The Bertz CT molecular complexity index is 444. The zero-order valence-electron chi connectivity index (χ0n) is 9.44. The molecule has 1 aromatic carbocycles. The molecule has 0 radical (unpaired) electrons. The Morgan fingerprint density at radius 3 is 2.71 bits per heavy atom. The third-order valence-electron chi connectivity index (χ3n) is 2.46. The standard InChI is InChI=1S/C12H13FN2OS/c1-2-10-12(16)15-11(14-10)7-17-9-5-3-8(13)4-6-9/h3-6,10H,2,7H2,1H3,(H,14,15,16). The number of carbonyl (C=O) groups excluding carboxylic acids is 1. The van der Waals surface area contributed by atoms with E-state index in [1.165, 1.54) is 23.9 Å². The maximum absolute atomic E-state index is 12.7. The molecule has 3 nitrogen and oxygen atoms in total. The first-order valence-electron chi connectivity index (χ1n) is 5.45. The summed E-state index contributed by atoms with van der Waals surface area (Å²) in [6.07, 6.45) is 0.719. The first-order valence-corrected chi connectivity index (χ1v) is 6.43. The van der Waals surface area contributed by atoms with Crippen molar-refractivity contribution >= 4 is 23.5 Å². The number of rotatable bonds is 4. The van der Waals surface area contributed by atoms with E-state index in [-0.39, 0.29) is 17.8 Å². The third-order valence-corrected chi connectivity index (χ3v) is 3.48. The van der Waals surface area contributed by atoms with E-state index in [1.807, 2.05) is 6.92 Å². The van der Waals surface area contributed by atoms with Crippen molar-refractivity contribution in [1.82, 2.24) is 5.32 Å². The summed E-state index contributed by atoms with van der Waals surface area (Å²) in [5.74, 6) is 1.04. The Morgan fingerprint density at radius 1 is 1.41 bits per heavy atom. The van der Waals surface area contributed by atoms with Gasteiger partial charge in [-0.3, -0.25) is 9.79 Å². The molecule has 0 fully saturated rings. The number of amides is 1. The highest BCUT2D eigenvalue weighted by atomic mass is 32.2. The fraction of sp³-hybridized carbons (Fsp3) is 0.333. The summed E-state index contributed by atoms with van der Waals surface area (Å²) in [5.41, 5.74) is 0. The molecule has 2 rings (SSSR count). The topological polar surface area (TPSA) is 41.5 Å². The van der Waals surface area contributed by atoms with E-state index in [2.05, 4.69) is 10.3 Å². The number of nitrogens with zero attached hydrogens (tertiary/aromatic N) is 1. The number of amidine groups is 1. The molecule has 1 unspecified atom stereocenters. The minimum Gasteiger partial charge on any atom is -0.312 e. The number of aliphatic imine (C=N–C) groups is 1. The summed E-state index contributed by atoms with van der Waals surface area (Å²) in [5, 5.41) is 2.75. The Kier molecular flexibility index (Phi) is 3.78. The van der Waals surface area contributed by atoms with Crippen LogP contribution in [0.15, 0.2) is 34.2 Å². The van der Waals surface area contributed by atoms with E-state index in [9.17, 15) is 9.18 Å². The Hall–Kier alpha value is -1.36. The molecule has 1 N–H and O–H groups in total. The highest BCUT2D eigenvalue weighted by molar-refractivity contribution is 8.00. The summed E-state index contributed by atoms with van der Waals surface area (Å²) in [6, 6.07) is 6.04. The zero-order chi connectivity index (χ0) is 12.3. The number of nitrogens with one attached hydrogen (secondary N) is 1. The highest BCUT2D eigenvalue weighted by Gasteiger charge is 2.23. The normalized spacial score (nSPS) is 19.1. The maximum atomic E-state index is 12.7. The first kappa shape index (κ1) is 12.1. The van der Waals surface area contributed by atoms with Crippen molar-refractivity contribution in [2.75, 3.05) is 5.75 Å². The van der Waals surface area contributed by atoms with Gasteiger partial charge < -0.3 is 5.32 Å². The van der Waals surface area contributed by atoms with Crippen LogP contribution in [0.3, 0.4) is 0 Å². The van der Waals surface area contributed by atoms with Crippen LogP contribution in [-0.2, 0) is 4.79 Å². The predicted octanol–water partition coefficient (Wildman–Crippen LogP) is 2.22. The average molecular weight is 252 g/mol. The van der Waals surface area contributed by atoms with E-state index in [0.717, 1.165) is 11.3 Å². The molecule has 0 spiro atoms. The van der Waals surface area contributed by atoms with Crippen molar-refractivity contribution in [2.45, 2.75) is 24.3 Å². The second-order valence-electron chi connectivity index (χ2n) is 3.73. The van der Waals surface area contributed by atoms with Gasteiger partial charge in [0.2, 0.25) is 5.91 Å². The minimum atomic E-state index is -0.244. The number of benzene rings is 1. The van der Waals surface area contributed by atoms with Crippen molar-refractivity contribution in [3.05, 3.63) is 30.1 Å². The number of hydrogen-bond donors (Lipinski definition) is 1. The molecule has 1 amide bonds. The zero-order valence-corrected chi connectivity index (χ0v) is 10.3. The predicted molar refractivity (Wildman–Crippen MR) is 66.8 cm³/mol. The lowest BCUT2D eigenvalue weighted by molar-refractivity contribution is -0.120. The van der Waals surface area contributed by atoms with Gasteiger partial charge in [-0.2, -0.15) is 0 Å². The maximum Gasteiger partial charge on any atom is 0.250 e. The smallest absolute Gasteiger partial charge is 0.250 e. The van der Waals surface area contributed by atoms with Crippen LogP contribution in [-0.4, -0.2) is 23.5 Å². The minimum absolute atomic E-state index is 0.0257. The number of hydrogen-bond acceptors (Lipinski definition) is 3. The van der Waals surface area contributed by atoms with Crippen LogP contribution in [0, 0.1) is 5.82 Å². The van der Waals surface area contributed by atoms with Crippen molar-refractivity contribution in [3.63, 3.8) is 0 Å². The SMILES string of the molecule is CCC1N=C(CSc2ccc(F)cc2)NC1=O. The molecule has 5 heteroatoms. The molecule has 1 aromatic rings. The lowest BCUT2D eigenvalue weighted by atomic mass is 10.2. The lowest BCUT2D eigenvalue weighted by Crippen LogP contribution is -2.29. The lowest BCUT2D eigenvalue weighted by Gasteiger charge is -2.01. The van der Waals surface area contributed by atoms with E-state index in [4.69, 9.17) is 0 Å². The molecule has 0 aromatic heterocycles. The molecule has 0 bridgehead atoms. The summed E-state index contributed by atoms with van der Waals surface area (Å²) in [7, 11) is 0. The summed E-state index contributed by atoms with van der Waals surface area (Å²) < 4.78 is 12.7. The van der Waals surface area contributed by atoms with Gasteiger partial charge in [-0.15, -0.1) is 11.8 Å². The second-order valence-corrected chi connectivity index (χ2v) is 4.78. The largest absolute Gasteiger partial charge is 0.312 e. The van der Waals surface area contributed by atoms with E-state index < -0.39 is 0 Å². The first-order chi connectivity index (χ1) is 8.19. The average Bonchev–Trinajstić information content (AvgIpc) is 2.69. The fourth-order valence-electron chi connectivity index (χ4n) is 1.54. The Balaban J connectivity index is 1.91. The molecule has 0 saturated heterocycles. The van der Waals surface area contributed by atoms with Gasteiger partial charge in [0.05, 0.1) is 5.75 Å². The van der Waals surface area contributed by atoms with Crippen molar-refractivity contribution < 1.29 is 9.18 Å². The van der Waals surface area contributed by atoms with Gasteiger partial charge in [-0.05, 0) is 30.7 Å². The van der Waals surface area contributed by atoms with Crippen LogP contribution in [0.5, 0.6) is 0 Å². The van der Waals surface area contributed by atoms with Gasteiger partial charge >= 0.3 is 0 Å². The van der Waals surface area contributed by atoms with E-state index in [0.29, 0.717) is 11.6 Å². The van der Waals surface area contributed by atoms with Crippen molar-refractivity contribution in [1.29, 1.82) is 0 Å². The number of thioether (sulfide) groups is 1. The quantitative estimate of drug-likeness (QED) is 0.835. The van der Waals surface area contributed by atoms with Crippen LogP contribution in [0.4, 0.5) is 4.39 Å². The van der Waals surface area contributed by atoms with Gasteiger partial charge in [0.25, 0.3) is 0 Å². The molecule has 90 valence electrons. The number of halogens is 1. The van der Waals surface area contributed by atoms with Crippen molar-refractivity contribution in [3.8, 4) is 0 Å². The van der Waals surface area contributed by atoms with E-state index in [1.54, 1.807) is 12.1 Å². The molecule has 1 aliphatic heterocycles. The fourth-order valence-corrected chi connectivity index (χ4v) is 2.32. The van der Waals surface area contributed by atoms with E-state index >= 15 is 0 Å².